The highest BCUT2D eigenvalue weighted by atomic mass is 16.5. The summed E-state index contributed by atoms with van der Waals surface area (Å²) < 4.78 is 5.37. The van der Waals surface area contributed by atoms with Crippen molar-refractivity contribution in [1.29, 1.82) is 0 Å². The molecular weight excluding hydrogens is 190 g/mol. The number of nitrogens with zero attached hydrogens (tertiary/aromatic N) is 2. The summed E-state index contributed by atoms with van der Waals surface area (Å²) in [5.74, 6) is 0.732. The van der Waals surface area contributed by atoms with Crippen LogP contribution in [0.3, 0.4) is 0 Å². The van der Waals surface area contributed by atoms with Crippen molar-refractivity contribution in [2.45, 2.75) is 32.9 Å². The minimum absolute atomic E-state index is 0.436. The van der Waals surface area contributed by atoms with Gasteiger partial charge in [-0.15, -0.1) is 0 Å². The Labute approximate surface area is 91.1 Å². The molecule has 0 atom stereocenters. The van der Waals surface area contributed by atoms with Crippen molar-refractivity contribution in [1.82, 2.24) is 15.3 Å². The van der Waals surface area contributed by atoms with Crippen LogP contribution < -0.4 is 5.32 Å². The van der Waals surface area contributed by atoms with Gasteiger partial charge in [0.15, 0.2) is 5.82 Å². The van der Waals surface area contributed by atoms with Gasteiger partial charge in [0, 0.05) is 19.3 Å². The molecule has 1 heterocycles. The number of methoxy groups -OCH3 is 1. The number of ether oxygens (including phenoxy) is 1. The summed E-state index contributed by atoms with van der Waals surface area (Å²) in [6, 6.07) is 1.98. The van der Waals surface area contributed by atoms with Gasteiger partial charge in [-0.3, -0.25) is 0 Å². The first-order chi connectivity index (χ1) is 6.99. The first kappa shape index (κ1) is 12.1. The van der Waals surface area contributed by atoms with Crippen molar-refractivity contribution in [2.75, 3.05) is 14.2 Å². The topological polar surface area (TPSA) is 47.0 Å². The van der Waals surface area contributed by atoms with E-state index < -0.39 is 5.60 Å². The summed E-state index contributed by atoms with van der Waals surface area (Å²) in [5.41, 5.74) is 1.52. The normalized spacial score (nSPS) is 11.8. The van der Waals surface area contributed by atoms with Crippen molar-refractivity contribution in [3.63, 3.8) is 0 Å². The highest BCUT2D eigenvalue weighted by Gasteiger charge is 2.23. The lowest BCUT2D eigenvalue weighted by molar-refractivity contribution is 0.0111. The zero-order valence-corrected chi connectivity index (χ0v) is 10.1. The second-order valence-electron chi connectivity index (χ2n) is 4.07. The fourth-order valence-corrected chi connectivity index (χ4v) is 1.27. The maximum absolute atomic E-state index is 5.37. The van der Waals surface area contributed by atoms with Gasteiger partial charge in [0.05, 0.1) is 5.69 Å². The molecule has 4 heteroatoms. The van der Waals surface area contributed by atoms with Crippen LogP contribution in [0.1, 0.15) is 31.1 Å². The van der Waals surface area contributed by atoms with E-state index in [2.05, 4.69) is 15.3 Å². The fourth-order valence-electron chi connectivity index (χ4n) is 1.27. The van der Waals surface area contributed by atoms with Crippen molar-refractivity contribution in [3.8, 4) is 0 Å². The molecule has 1 aromatic rings. The standard InChI is InChI=1S/C11H19N3O/c1-8-6-9(7-12-4)14-10(13-8)11(2,3)15-5/h6,12H,7H2,1-5H3. The lowest BCUT2D eigenvalue weighted by atomic mass is 10.1. The maximum atomic E-state index is 5.37. The van der Waals surface area contributed by atoms with E-state index in [1.54, 1.807) is 7.11 Å². The molecule has 0 bridgehead atoms. The Morgan fingerprint density at radius 3 is 2.60 bits per heavy atom. The van der Waals surface area contributed by atoms with Crippen molar-refractivity contribution in [2.24, 2.45) is 0 Å². The second kappa shape index (κ2) is 4.68. The molecule has 1 N–H and O–H groups in total. The average Bonchev–Trinajstić information content (AvgIpc) is 2.17. The van der Waals surface area contributed by atoms with Crippen LogP contribution in [0.4, 0.5) is 0 Å². The molecule has 1 rings (SSSR count). The molecule has 0 saturated heterocycles. The molecule has 0 saturated carbocycles. The molecule has 1 aromatic heterocycles. The van der Waals surface area contributed by atoms with E-state index >= 15 is 0 Å². The van der Waals surface area contributed by atoms with Gasteiger partial charge in [0.25, 0.3) is 0 Å². The number of rotatable bonds is 4. The summed E-state index contributed by atoms with van der Waals surface area (Å²) in [4.78, 5) is 8.86. The van der Waals surface area contributed by atoms with Gasteiger partial charge in [-0.05, 0) is 33.9 Å². The number of nitrogens with one attached hydrogen (secondary N) is 1. The van der Waals surface area contributed by atoms with Crippen LogP contribution in [0, 0.1) is 6.92 Å². The summed E-state index contributed by atoms with van der Waals surface area (Å²) in [7, 11) is 3.57. The quantitative estimate of drug-likeness (QED) is 0.814. The summed E-state index contributed by atoms with van der Waals surface area (Å²) >= 11 is 0. The highest BCUT2D eigenvalue weighted by Crippen LogP contribution is 2.20. The number of hydrogen-bond donors (Lipinski definition) is 1. The molecule has 0 radical (unpaired) electrons. The molecule has 0 aliphatic rings. The molecule has 0 aliphatic carbocycles. The van der Waals surface area contributed by atoms with Crippen LogP contribution in [0.2, 0.25) is 0 Å². The van der Waals surface area contributed by atoms with Gasteiger partial charge in [-0.2, -0.15) is 0 Å². The van der Waals surface area contributed by atoms with Crippen LogP contribution >= 0.6 is 0 Å². The Hall–Kier alpha value is -1.00. The molecule has 0 fully saturated rings. The van der Waals surface area contributed by atoms with Gasteiger partial charge < -0.3 is 10.1 Å². The lowest BCUT2D eigenvalue weighted by Crippen LogP contribution is -2.24. The molecule has 4 nitrogen and oxygen atoms in total. The van der Waals surface area contributed by atoms with E-state index in [0.717, 1.165) is 23.8 Å². The molecule has 0 unspecified atom stereocenters. The van der Waals surface area contributed by atoms with E-state index in [-0.39, 0.29) is 0 Å². The van der Waals surface area contributed by atoms with Crippen LogP contribution in [-0.4, -0.2) is 24.1 Å². The van der Waals surface area contributed by atoms with Crippen molar-refractivity contribution in [3.05, 3.63) is 23.3 Å². The fraction of sp³-hybridized carbons (Fsp3) is 0.636. The molecule has 0 aliphatic heterocycles. The van der Waals surface area contributed by atoms with Crippen molar-refractivity contribution >= 4 is 0 Å². The summed E-state index contributed by atoms with van der Waals surface area (Å²) in [6.45, 7) is 6.64. The third kappa shape index (κ3) is 2.97. The zero-order valence-electron chi connectivity index (χ0n) is 10.1. The predicted molar refractivity (Wildman–Crippen MR) is 59.6 cm³/mol. The van der Waals surface area contributed by atoms with Crippen LogP contribution in [0.25, 0.3) is 0 Å². The SMILES string of the molecule is CNCc1cc(C)nc(C(C)(C)OC)n1. The third-order valence-electron chi connectivity index (χ3n) is 2.31. The predicted octanol–water partition coefficient (Wildman–Crippen LogP) is 1.39. The minimum atomic E-state index is -0.436. The Kier molecular flexibility index (Phi) is 3.77. The Morgan fingerprint density at radius 2 is 2.07 bits per heavy atom. The zero-order chi connectivity index (χ0) is 11.5. The third-order valence-corrected chi connectivity index (χ3v) is 2.31. The second-order valence-corrected chi connectivity index (χ2v) is 4.07. The van der Waals surface area contributed by atoms with E-state index in [1.807, 2.05) is 33.9 Å². The maximum Gasteiger partial charge on any atom is 0.160 e. The molecular formula is C11H19N3O. The molecule has 84 valence electrons. The van der Waals surface area contributed by atoms with Crippen LogP contribution in [-0.2, 0) is 16.9 Å². The number of aromatic nitrogens is 2. The number of hydrogen-bond acceptors (Lipinski definition) is 4. The molecule has 0 amide bonds. The summed E-state index contributed by atoms with van der Waals surface area (Å²) in [5, 5.41) is 3.08. The summed E-state index contributed by atoms with van der Waals surface area (Å²) in [6.07, 6.45) is 0. The van der Waals surface area contributed by atoms with Crippen LogP contribution in [0.5, 0.6) is 0 Å². The number of aryl methyl sites for hydroxylation is 1. The molecule has 0 spiro atoms. The first-order valence-corrected chi connectivity index (χ1v) is 5.04. The van der Waals surface area contributed by atoms with E-state index in [1.165, 1.54) is 0 Å². The Bertz CT molecular complexity index is 337. The van der Waals surface area contributed by atoms with Gasteiger partial charge >= 0.3 is 0 Å². The van der Waals surface area contributed by atoms with Crippen LogP contribution in [0.15, 0.2) is 6.07 Å². The Balaban J connectivity index is 3.08. The van der Waals surface area contributed by atoms with E-state index in [0.29, 0.717) is 0 Å². The smallest absolute Gasteiger partial charge is 0.160 e. The molecule has 0 aromatic carbocycles. The first-order valence-electron chi connectivity index (χ1n) is 5.04. The average molecular weight is 209 g/mol. The van der Waals surface area contributed by atoms with E-state index in [4.69, 9.17) is 4.74 Å². The largest absolute Gasteiger partial charge is 0.371 e. The monoisotopic (exact) mass is 209 g/mol. The minimum Gasteiger partial charge on any atom is -0.371 e. The van der Waals surface area contributed by atoms with Gasteiger partial charge in [0.1, 0.15) is 5.60 Å². The lowest BCUT2D eigenvalue weighted by Gasteiger charge is -2.21. The van der Waals surface area contributed by atoms with Gasteiger partial charge in [-0.25, -0.2) is 9.97 Å². The van der Waals surface area contributed by atoms with Gasteiger partial charge in [-0.1, -0.05) is 0 Å². The van der Waals surface area contributed by atoms with Gasteiger partial charge in [0.2, 0.25) is 0 Å². The van der Waals surface area contributed by atoms with Crippen molar-refractivity contribution < 1.29 is 4.74 Å². The van der Waals surface area contributed by atoms with E-state index in [9.17, 15) is 0 Å². The highest BCUT2D eigenvalue weighted by molar-refractivity contribution is 5.13. The molecule has 15 heavy (non-hydrogen) atoms. The Morgan fingerprint density at radius 1 is 1.40 bits per heavy atom.